The average molecular weight is 388 g/mol. The first-order chi connectivity index (χ1) is 14.3. The van der Waals surface area contributed by atoms with Gasteiger partial charge in [-0.05, 0) is 17.7 Å². The number of methoxy groups -OCH3 is 1. The van der Waals surface area contributed by atoms with Crippen molar-refractivity contribution in [3.8, 4) is 28.5 Å². The maximum Gasteiger partial charge on any atom is 0.231 e. The molecule has 0 bridgehead atoms. The van der Waals surface area contributed by atoms with Crippen LogP contribution in [0.3, 0.4) is 0 Å². The second-order valence-electron chi connectivity index (χ2n) is 6.86. The van der Waals surface area contributed by atoms with Gasteiger partial charge in [0.2, 0.25) is 12.7 Å². The fourth-order valence-corrected chi connectivity index (χ4v) is 3.87. The zero-order valence-electron chi connectivity index (χ0n) is 16.0. The molecule has 0 saturated heterocycles. The van der Waals surface area contributed by atoms with E-state index in [2.05, 4.69) is 21.7 Å². The molecule has 2 aromatic carbocycles. The van der Waals surface area contributed by atoms with Crippen LogP contribution in [0.5, 0.6) is 17.4 Å². The second kappa shape index (κ2) is 7.14. The van der Waals surface area contributed by atoms with E-state index in [9.17, 15) is 5.11 Å². The van der Waals surface area contributed by atoms with Gasteiger partial charge in [0.1, 0.15) is 0 Å². The molecule has 6 heteroatoms. The van der Waals surface area contributed by atoms with E-state index in [1.807, 2.05) is 42.5 Å². The van der Waals surface area contributed by atoms with Gasteiger partial charge in [0.05, 0.1) is 24.9 Å². The molecular formula is C23H20N2O4. The number of aromatic nitrogens is 2. The van der Waals surface area contributed by atoms with Crippen molar-refractivity contribution in [1.29, 1.82) is 0 Å². The molecule has 0 saturated carbocycles. The molecule has 0 aliphatic carbocycles. The Morgan fingerprint density at radius 2 is 1.86 bits per heavy atom. The molecule has 29 heavy (non-hydrogen) atoms. The van der Waals surface area contributed by atoms with Crippen LogP contribution in [0.2, 0.25) is 0 Å². The minimum absolute atomic E-state index is 0.102. The standard InChI is InChI=1S/C23H20N2O4/c1-27-22-8-7-16(11-24-22)23-17-9-20-21(29-14-28-20)10-18(17)25(19(23)13-26)12-15-5-3-2-4-6-15/h2-11,26H,12-14H2,1H3. The fourth-order valence-electron chi connectivity index (χ4n) is 3.87. The van der Waals surface area contributed by atoms with Gasteiger partial charge in [-0.25, -0.2) is 4.98 Å². The van der Waals surface area contributed by atoms with Crippen molar-refractivity contribution in [2.24, 2.45) is 0 Å². The zero-order chi connectivity index (χ0) is 19.8. The number of benzene rings is 2. The summed E-state index contributed by atoms with van der Waals surface area (Å²) in [6.07, 6.45) is 1.77. The zero-order valence-corrected chi connectivity index (χ0v) is 16.0. The molecule has 0 fully saturated rings. The van der Waals surface area contributed by atoms with Crippen molar-refractivity contribution < 1.29 is 19.3 Å². The van der Waals surface area contributed by atoms with Gasteiger partial charge in [-0.3, -0.25) is 0 Å². The molecule has 1 aliphatic heterocycles. The normalized spacial score (nSPS) is 12.5. The van der Waals surface area contributed by atoms with Crippen molar-refractivity contribution in [1.82, 2.24) is 9.55 Å². The van der Waals surface area contributed by atoms with E-state index in [4.69, 9.17) is 14.2 Å². The van der Waals surface area contributed by atoms with Gasteiger partial charge in [-0.15, -0.1) is 0 Å². The molecule has 146 valence electrons. The largest absolute Gasteiger partial charge is 0.481 e. The Hall–Kier alpha value is -3.51. The quantitative estimate of drug-likeness (QED) is 0.560. The van der Waals surface area contributed by atoms with Crippen LogP contribution in [0.1, 0.15) is 11.3 Å². The van der Waals surface area contributed by atoms with Gasteiger partial charge in [-0.2, -0.15) is 0 Å². The summed E-state index contributed by atoms with van der Waals surface area (Å²) >= 11 is 0. The van der Waals surface area contributed by atoms with E-state index >= 15 is 0 Å². The molecule has 1 aliphatic rings. The maximum atomic E-state index is 10.3. The second-order valence-corrected chi connectivity index (χ2v) is 6.86. The summed E-state index contributed by atoms with van der Waals surface area (Å²) in [6, 6.07) is 17.9. The van der Waals surface area contributed by atoms with E-state index in [1.165, 1.54) is 0 Å². The lowest BCUT2D eigenvalue weighted by atomic mass is 10.0. The van der Waals surface area contributed by atoms with E-state index in [0.717, 1.165) is 33.3 Å². The molecule has 5 rings (SSSR count). The van der Waals surface area contributed by atoms with Gasteiger partial charge in [0.15, 0.2) is 11.5 Å². The highest BCUT2D eigenvalue weighted by molar-refractivity contribution is 6.00. The van der Waals surface area contributed by atoms with Crippen LogP contribution in [0, 0.1) is 0 Å². The summed E-state index contributed by atoms with van der Waals surface area (Å²) in [7, 11) is 1.59. The van der Waals surface area contributed by atoms with Crippen molar-refractivity contribution in [3.63, 3.8) is 0 Å². The fraction of sp³-hybridized carbons (Fsp3) is 0.174. The topological polar surface area (TPSA) is 65.7 Å². The first-order valence-electron chi connectivity index (χ1n) is 9.38. The summed E-state index contributed by atoms with van der Waals surface area (Å²) in [5.74, 6) is 1.97. The van der Waals surface area contributed by atoms with E-state index in [-0.39, 0.29) is 13.4 Å². The van der Waals surface area contributed by atoms with Gasteiger partial charge >= 0.3 is 0 Å². The minimum atomic E-state index is -0.102. The highest BCUT2D eigenvalue weighted by Crippen LogP contribution is 2.43. The summed E-state index contributed by atoms with van der Waals surface area (Å²) in [5.41, 5.74) is 4.79. The van der Waals surface area contributed by atoms with Crippen molar-refractivity contribution in [2.75, 3.05) is 13.9 Å². The number of ether oxygens (including phenoxy) is 3. The SMILES string of the molecule is COc1ccc(-c2c(CO)n(Cc3ccccc3)c3cc4c(cc23)OCO4)cn1. The molecular weight excluding hydrogens is 368 g/mol. The van der Waals surface area contributed by atoms with Crippen LogP contribution in [0.4, 0.5) is 0 Å². The molecule has 0 radical (unpaired) electrons. The molecule has 6 nitrogen and oxygen atoms in total. The minimum Gasteiger partial charge on any atom is -0.481 e. The number of aliphatic hydroxyl groups excluding tert-OH is 1. The molecule has 0 unspecified atom stereocenters. The highest BCUT2D eigenvalue weighted by atomic mass is 16.7. The Balaban J connectivity index is 1.76. The third-order valence-corrected chi connectivity index (χ3v) is 5.23. The van der Waals surface area contributed by atoms with Crippen molar-refractivity contribution in [2.45, 2.75) is 13.2 Å². The lowest BCUT2D eigenvalue weighted by Gasteiger charge is -2.11. The van der Waals surface area contributed by atoms with Crippen LogP contribution in [-0.2, 0) is 13.2 Å². The van der Waals surface area contributed by atoms with Gasteiger partial charge < -0.3 is 23.9 Å². The molecule has 0 amide bonds. The summed E-state index contributed by atoms with van der Waals surface area (Å²) < 4.78 is 18.5. The lowest BCUT2D eigenvalue weighted by molar-refractivity contribution is 0.174. The Labute approximate surface area is 167 Å². The van der Waals surface area contributed by atoms with Gasteiger partial charge in [-0.1, -0.05) is 30.3 Å². The smallest absolute Gasteiger partial charge is 0.231 e. The van der Waals surface area contributed by atoms with E-state index in [0.29, 0.717) is 23.9 Å². The maximum absolute atomic E-state index is 10.3. The van der Waals surface area contributed by atoms with Gasteiger partial charge in [0.25, 0.3) is 0 Å². The van der Waals surface area contributed by atoms with Crippen LogP contribution >= 0.6 is 0 Å². The van der Waals surface area contributed by atoms with Crippen LogP contribution in [0.15, 0.2) is 60.8 Å². The van der Waals surface area contributed by atoms with E-state index in [1.54, 1.807) is 13.3 Å². The highest BCUT2D eigenvalue weighted by Gasteiger charge is 2.23. The van der Waals surface area contributed by atoms with E-state index < -0.39 is 0 Å². The monoisotopic (exact) mass is 388 g/mol. The molecule has 2 aromatic heterocycles. The molecule has 0 spiro atoms. The number of hydrogen-bond donors (Lipinski definition) is 1. The third kappa shape index (κ3) is 2.98. The molecule has 0 atom stereocenters. The summed E-state index contributed by atoms with van der Waals surface area (Å²) in [5, 5.41) is 11.3. The number of rotatable bonds is 5. The van der Waals surface area contributed by atoms with Crippen LogP contribution in [0.25, 0.3) is 22.0 Å². The van der Waals surface area contributed by atoms with Crippen LogP contribution < -0.4 is 14.2 Å². The molecule has 4 aromatic rings. The predicted molar refractivity (Wildman–Crippen MR) is 109 cm³/mol. The molecule has 1 N–H and O–H groups in total. The van der Waals surface area contributed by atoms with Crippen LogP contribution in [-0.4, -0.2) is 28.6 Å². The van der Waals surface area contributed by atoms with Gasteiger partial charge in [0, 0.05) is 41.4 Å². The number of aliphatic hydroxyl groups is 1. The number of nitrogens with zero attached hydrogens (tertiary/aromatic N) is 2. The summed E-state index contributed by atoms with van der Waals surface area (Å²) in [6.45, 7) is 0.749. The first kappa shape index (κ1) is 17.6. The first-order valence-corrected chi connectivity index (χ1v) is 9.38. The molecule has 3 heterocycles. The number of pyridine rings is 1. The average Bonchev–Trinajstić information content (AvgIpc) is 3.35. The predicted octanol–water partition coefficient (Wildman–Crippen LogP) is 3.98. The summed E-state index contributed by atoms with van der Waals surface area (Å²) in [4.78, 5) is 4.35. The Morgan fingerprint density at radius 3 is 2.55 bits per heavy atom. The Morgan fingerprint density at radius 1 is 1.07 bits per heavy atom. The van der Waals surface area contributed by atoms with Crippen molar-refractivity contribution >= 4 is 10.9 Å². The number of hydrogen-bond acceptors (Lipinski definition) is 5. The number of fused-ring (bicyclic) bond motifs is 2. The third-order valence-electron chi connectivity index (χ3n) is 5.23. The Kier molecular flexibility index (Phi) is 4.33. The lowest BCUT2D eigenvalue weighted by Crippen LogP contribution is -2.05. The van der Waals surface area contributed by atoms with Crippen molar-refractivity contribution in [3.05, 3.63) is 72.1 Å². The Bertz CT molecular complexity index is 1170.